The number of carbonyl (C=O) groups is 2. The summed E-state index contributed by atoms with van der Waals surface area (Å²) in [7, 11) is 1.93. The third kappa shape index (κ3) is 3.35. The standard InChI is InChI=1S/C13H19N3O3/c1-10(17)16-5-6-19-9-12(16)13(18)14-7-11-3-4-15(2)8-11/h3-4,8,12H,5-7,9H2,1-2H3,(H,14,18). The van der Waals surface area contributed by atoms with Crippen molar-refractivity contribution in [2.24, 2.45) is 7.05 Å². The Morgan fingerprint density at radius 3 is 2.95 bits per heavy atom. The number of ether oxygens (including phenoxy) is 1. The molecule has 6 nitrogen and oxygen atoms in total. The Balaban J connectivity index is 1.92. The lowest BCUT2D eigenvalue weighted by Crippen LogP contribution is -2.55. The summed E-state index contributed by atoms with van der Waals surface area (Å²) in [6.07, 6.45) is 3.87. The largest absolute Gasteiger partial charge is 0.377 e. The van der Waals surface area contributed by atoms with Crippen LogP contribution in [0.4, 0.5) is 0 Å². The Morgan fingerprint density at radius 1 is 1.53 bits per heavy atom. The number of hydrogen-bond donors (Lipinski definition) is 1. The third-order valence-electron chi connectivity index (χ3n) is 3.20. The Labute approximate surface area is 112 Å². The topological polar surface area (TPSA) is 63.6 Å². The predicted molar refractivity (Wildman–Crippen MR) is 69.3 cm³/mol. The smallest absolute Gasteiger partial charge is 0.245 e. The van der Waals surface area contributed by atoms with Gasteiger partial charge >= 0.3 is 0 Å². The number of aromatic nitrogens is 1. The molecule has 6 heteroatoms. The van der Waals surface area contributed by atoms with Gasteiger partial charge < -0.3 is 19.5 Å². The van der Waals surface area contributed by atoms with Crippen LogP contribution in [0, 0.1) is 0 Å². The van der Waals surface area contributed by atoms with Gasteiger partial charge in [0.2, 0.25) is 11.8 Å². The zero-order valence-corrected chi connectivity index (χ0v) is 11.3. The van der Waals surface area contributed by atoms with Gasteiger partial charge in [-0.05, 0) is 11.6 Å². The van der Waals surface area contributed by atoms with E-state index in [2.05, 4.69) is 5.32 Å². The molecule has 2 rings (SSSR count). The van der Waals surface area contributed by atoms with E-state index < -0.39 is 6.04 Å². The summed E-state index contributed by atoms with van der Waals surface area (Å²) in [6, 6.07) is 1.43. The zero-order chi connectivity index (χ0) is 13.8. The van der Waals surface area contributed by atoms with E-state index in [4.69, 9.17) is 4.74 Å². The number of nitrogens with zero attached hydrogens (tertiary/aromatic N) is 2. The highest BCUT2D eigenvalue weighted by atomic mass is 16.5. The first-order valence-electron chi connectivity index (χ1n) is 6.31. The van der Waals surface area contributed by atoms with Gasteiger partial charge in [-0.1, -0.05) is 0 Å². The minimum atomic E-state index is -0.519. The maximum Gasteiger partial charge on any atom is 0.245 e. The van der Waals surface area contributed by atoms with Crippen molar-refractivity contribution in [3.63, 3.8) is 0 Å². The molecule has 104 valence electrons. The second kappa shape index (κ2) is 5.88. The highest BCUT2D eigenvalue weighted by Gasteiger charge is 2.30. The molecule has 19 heavy (non-hydrogen) atoms. The summed E-state index contributed by atoms with van der Waals surface area (Å²) in [5.74, 6) is -0.262. The first-order valence-corrected chi connectivity index (χ1v) is 6.31. The second-order valence-electron chi connectivity index (χ2n) is 4.71. The number of carbonyl (C=O) groups excluding carboxylic acids is 2. The van der Waals surface area contributed by atoms with Crippen molar-refractivity contribution in [2.45, 2.75) is 19.5 Å². The van der Waals surface area contributed by atoms with E-state index in [0.717, 1.165) is 5.56 Å². The zero-order valence-electron chi connectivity index (χ0n) is 11.3. The van der Waals surface area contributed by atoms with Crippen molar-refractivity contribution in [1.82, 2.24) is 14.8 Å². The van der Waals surface area contributed by atoms with Gasteiger partial charge in [0.25, 0.3) is 0 Å². The average Bonchev–Trinajstić information content (AvgIpc) is 2.81. The molecular formula is C13H19N3O3. The van der Waals surface area contributed by atoms with Crippen molar-refractivity contribution in [1.29, 1.82) is 0 Å². The molecule has 0 aromatic carbocycles. The third-order valence-corrected chi connectivity index (χ3v) is 3.20. The first kappa shape index (κ1) is 13.6. The van der Waals surface area contributed by atoms with E-state index in [9.17, 15) is 9.59 Å². The van der Waals surface area contributed by atoms with Gasteiger partial charge in [0, 0.05) is 39.5 Å². The molecule has 1 aliphatic heterocycles. The van der Waals surface area contributed by atoms with Crippen LogP contribution in [0.2, 0.25) is 0 Å². The minimum Gasteiger partial charge on any atom is -0.377 e. The van der Waals surface area contributed by atoms with Crippen LogP contribution in [0.5, 0.6) is 0 Å². The Hall–Kier alpha value is -1.82. The van der Waals surface area contributed by atoms with Crippen LogP contribution in [0.1, 0.15) is 12.5 Å². The summed E-state index contributed by atoms with van der Waals surface area (Å²) in [5.41, 5.74) is 1.03. The van der Waals surface area contributed by atoms with Crippen molar-refractivity contribution in [3.05, 3.63) is 24.0 Å². The number of morpholine rings is 1. The monoisotopic (exact) mass is 265 g/mol. The molecule has 1 unspecified atom stereocenters. The number of hydrogen-bond acceptors (Lipinski definition) is 3. The molecule has 1 aliphatic rings. The maximum atomic E-state index is 12.1. The van der Waals surface area contributed by atoms with E-state index in [1.165, 1.54) is 6.92 Å². The molecule has 1 saturated heterocycles. The van der Waals surface area contributed by atoms with Crippen LogP contribution in [-0.4, -0.2) is 47.1 Å². The molecule has 1 N–H and O–H groups in total. The molecule has 0 aliphatic carbocycles. The van der Waals surface area contributed by atoms with Gasteiger partial charge in [-0.25, -0.2) is 0 Å². The van der Waals surface area contributed by atoms with Crippen LogP contribution < -0.4 is 5.32 Å². The van der Waals surface area contributed by atoms with Crippen molar-refractivity contribution in [3.8, 4) is 0 Å². The maximum absolute atomic E-state index is 12.1. The number of nitrogens with one attached hydrogen (secondary N) is 1. The molecule has 0 saturated carbocycles. The van der Waals surface area contributed by atoms with Gasteiger partial charge in [0.05, 0.1) is 13.2 Å². The quantitative estimate of drug-likeness (QED) is 0.829. The lowest BCUT2D eigenvalue weighted by molar-refractivity contribution is -0.147. The van der Waals surface area contributed by atoms with E-state index in [1.54, 1.807) is 4.90 Å². The van der Waals surface area contributed by atoms with E-state index in [0.29, 0.717) is 19.7 Å². The Morgan fingerprint density at radius 2 is 2.32 bits per heavy atom. The van der Waals surface area contributed by atoms with Crippen molar-refractivity contribution in [2.75, 3.05) is 19.8 Å². The molecule has 1 atom stereocenters. The predicted octanol–water partition coefficient (Wildman–Crippen LogP) is -0.111. The molecular weight excluding hydrogens is 246 g/mol. The van der Waals surface area contributed by atoms with E-state index in [-0.39, 0.29) is 18.4 Å². The van der Waals surface area contributed by atoms with Crippen LogP contribution in [0.3, 0.4) is 0 Å². The van der Waals surface area contributed by atoms with E-state index >= 15 is 0 Å². The van der Waals surface area contributed by atoms with Gasteiger partial charge in [-0.15, -0.1) is 0 Å². The Kier molecular flexibility index (Phi) is 4.21. The first-order chi connectivity index (χ1) is 9.08. The molecule has 1 aromatic heterocycles. The normalized spacial score (nSPS) is 19.3. The summed E-state index contributed by atoms with van der Waals surface area (Å²) in [5, 5.41) is 2.84. The fourth-order valence-corrected chi connectivity index (χ4v) is 2.17. The summed E-state index contributed by atoms with van der Waals surface area (Å²) >= 11 is 0. The Bertz CT molecular complexity index is 469. The van der Waals surface area contributed by atoms with Gasteiger partial charge in [-0.3, -0.25) is 9.59 Å². The minimum absolute atomic E-state index is 0.0943. The van der Waals surface area contributed by atoms with Crippen LogP contribution in [0.25, 0.3) is 0 Å². The molecule has 0 bridgehead atoms. The summed E-state index contributed by atoms with van der Waals surface area (Å²) in [4.78, 5) is 25.1. The fourth-order valence-electron chi connectivity index (χ4n) is 2.17. The molecule has 0 radical (unpaired) electrons. The summed E-state index contributed by atoms with van der Waals surface area (Å²) in [6.45, 7) is 3.16. The molecule has 2 heterocycles. The van der Waals surface area contributed by atoms with Crippen LogP contribution >= 0.6 is 0 Å². The number of rotatable bonds is 3. The molecule has 2 amide bonds. The molecule has 1 aromatic rings. The SMILES string of the molecule is CC(=O)N1CCOCC1C(=O)NCc1ccn(C)c1. The molecule has 1 fully saturated rings. The summed E-state index contributed by atoms with van der Waals surface area (Å²) < 4.78 is 7.20. The highest BCUT2D eigenvalue weighted by Crippen LogP contribution is 2.08. The number of amides is 2. The van der Waals surface area contributed by atoms with E-state index in [1.807, 2.05) is 30.1 Å². The second-order valence-corrected chi connectivity index (χ2v) is 4.71. The van der Waals surface area contributed by atoms with Crippen molar-refractivity contribution < 1.29 is 14.3 Å². The fraction of sp³-hybridized carbons (Fsp3) is 0.538. The van der Waals surface area contributed by atoms with Gasteiger partial charge in [0.15, 0.2) is 0 Å². The lowest BCUT2D eigenvalue weighted by Gasteiger charge is -2.33. The number of aryl methyl sites for hydroxylation is 1. The lowest BCUT2D eigenvalue weighted by atomic mass is 10.2. The average molecular weight is 265 g/mol. The van der Waals surface area contributed by atoms with Gasteiger partial charge in [0.1, 0.15) is 6.04 Å². The highest BCUT2D eigenvalue weighted by molar-refractivity contribution is 5.87. The van der Waals surface area contributed by atoms with Gasteiger partial charge in [-0.2, -0.15) is 0 Å². The van der Waals surface area contributed by atoms with Crippen LogP contribution in [0.15, 0.2) is 18.5 Å². The molecule has 0 spiro atoms. The van der Waals surface area contributed by atoms with Crippen LogP contribution in [-0.2, 0) is 27.9 Å². The van der Waals surface area contributed by atoms with Crippen molar-refractivity contribution >= 4 is 11.8 Å².